The van der Waals surface area contributed by atoms with Gasteiger partial charge in [0.2, 0.25) is 0 Å². The summed E-state index contributed by atoms with van der Waals surface area (Å²) < 4.78 is 12.4. The Morgan fingerprint density at radius 1 is 1.58 bits per heavy atom. The molecule has 7 heteroatoms. The standard InChI is InChI=1S/C12H19N3O4/c1-8-3-4-9(19-8)7-15-10(5-6-18-2)11(12(16)17)13-14-15/h8-9H,3-7H2,1-2H3,(H,16,17). The maximum absolute atomic E-state index is 11.1. The van der Waals surface area contributed by atoms with E-state index >= 15 is 0 Å². The Hall–Kier alpha value is -1.47. The second kappa shape index (κ2) is 6.12. The molecule has 1 fully saturated rings. The first-order valence-corrected chi connectivity index (χ1v) is 6.42. The van der Waals surface area contributed by atoms with Crippen LogP contribution in [0.2, 0.25) is 0 Å². The van der Waals surface area contributed by atoms with E-state index in [2.05, 4.69) is 10.3 Å². The molecule has 1 aliphatic rings. The minimum atomic E-state index is -1.06. The van der Waals surface area contributed by atoms with Crippen LogP contribution >= 0.6 is 0 Å². The van der Waals surface area contributed by atoms with E-state index in [9.17, 15) is 4.79 Å². The zero-order valence-corrected chi connectivity index (χ0v) is 11.2. The van der Waals surface area contributed by atoms with E-state index in [4.69, 9.17) is 14.6 Å². The van der Waals surface area contributed by atoms with Gasteiger partial charge in [0.15, 0.2) is 5.69 Å². The van der Waals surface area contributed by atoms with Crippen molar-refractivity contribution in [1.82, 2.24) is 15.0 Å². The summed E-state index contributed by atoms with van der Waals surface area (Å²) in [5.41, 5.74) is 0.598. The maximum atomic E-state index is 11.1. The minimum absolute atomic E-state index is 0.00287. The van der Waals surface area contributed by atoms with E-state index in [0.29, 0.717) is 25.3 Å². The Labute approximate surface area is 111 Å². The van der Waals surface area contributed by atoms with Crippen molar-refractivity contribution in [3.05, 3.63) is 11.4 Å². The van der Waals surface area contributed by atoms with E-state index in [-0.39, 0.29) is 17.9 Å². The summed E-state index contributed by atoms with van der Waals surface area (Å²) in [5, 5.41) is 16.8. The summed E-state index contributed by atoms with van der Waals surface area (Å²) in [4.78, 5) is 11.1. The van der Waals surface area contributed by atoms with Gasteiger partial charge in [0, 0.05) is 13.5 Å². The first kappa shape index (κ1) is 14.0. The molecule has 0 radical (unpaired) electrons. The van der Waals surface area contributed by atoms with Gasteiger partial charge in [0.1, 0.15) is 0 Å². The second-order valence-corrected chi connectivity index (χ2v) is 4.76. The number of carbonyl (C=O) groups is 1. The summed E-state index contributed by atoms with van der Waals surface area (Å²) in [5.74, 6) is -1.06. The monoisotopic (exact) mass is 269 g/mol. The third-order valence-corrected chi connectivity index (χ3v) is 3.28. The van der Waals surface area contributed by atoms with Gasteiger partial charge in [-0.3, -0.25) is 0 Å². The largest absolute Gasteiger partial charge is 0.476 e. The highest BCUT2D eigenvalue weighted by Gasteiger charge is 2.25. The molecule has 0 spiro atoms. The number of hydrogen-bond acceptors (Lipinski definition) is 5. The van der Waals surface area contributed by atoms with Crippen LogP contribution in [0.25, 0.3) is 0 Å². The van der Waals surface area contributed by atoms with Crippen molar-refractivity contribution in [2.45, 2.75) is 44.9 Å². The molecule has 0 bridgehead atoms. The number of carboxylic acids is 1. The Morgan fingerprint density at radius 2 is 2.37 bits per heavy atom. The van der Waals surface area contributed by atoms with Gasteiger partial charge in [-0.15, -0.1) is 5.10 Å². The van der Waals surface area contributed by atoms with Crippen LogP contribution in [0.3, 0.4) is 0 Å². The van der Waals surface area contributed by atoms with Crippen LogP contribution in [0, 0.1) is 0 Å². The van der Waals surface area contributed by atoms with Crippen molar-refractivity contribution in [3.8, 4) is 0 Å². The van der Waals surface area contributed by atoms with Crippen LogP contribution in [0.5, 0.6) is 0 Å². The number of carboxylic acid groups (broad SMARTS) is 1. The van der Waals surface area contributed by atoms with Gasteiger partial charge >= 0.3 is 5.97 Å². The van der Waals surface area contributed by atoms with Crippen LogP contribution in [-0.2, 0) is 22.4 Å². The van der Waals surface area contributed by atoms with Crippen LogP contribution in [0.15, 0.2) is 0 Å². The van der Waals surface area contributed by atoms with Crippen LogP contribution in [-0.4, -0.2) is 52.0 Å². The quantitative estimate of drug-likeness (QED) is 0.819. The molecule has 0 saturated carbocycles. The number of aromatic carboxylic acids is 1. The molecule has 2 heterocycles. The topological polar surface area (TPSA) is 86.5 Å². The summed E-state index contributed by atoms with van der Waals surface area (Å²) in [6.07, 6.45) is 2.81. The lowest BCUT2D eigenvalue weighted by atomic mass is 10.2. The summed E-state index contributed by atoms with van der Waals surface area (Å²) >= 11 is 0. The van der Waals surface area contributed by atoms with Crippen LogP contribution in [0.1, 0.15) is 35.9 Å². The Morgan fingerprint density at radius 3 is 2.95 bits per heavy atom. The lowest BCUT2D eigenvalue weighted by molar-refractivity contribution is 0.0426. The molecule has 2 atom stereocenters. The van der Waals surface area contributed by atoms with E-state index in [0.717, 1.165) is 12.8 Å². The molecule has 19 heavy (non-hydrogen) atoms. The van der Waals surface area contributed by atoms with Crippen molar-refractivity contribution in [1.29, 1.82) is 0 Å². The molecule has 1 aromatic heterocycles. The fourth-order valence-corrected chi connectivity index (χ4v) is 2.30. The van der Waals surface area contributed by atoms with Gasteiger partial charge in [-0.1, -0.05) is 5.21 Å². The molecule has 2 unspecified atom stereocenters. The molecule has 0 amide bonds. The van der Waals surface area contributed by atoms with Gasteiger partial charge < -0.3 is 14.6 Å². The lowest BCUT2D eigenvalue weighted by Gasteiger charge is -2.13. The van der Waals surface area contributed by atoms with E-state index in [1.54, 1.807) is 11.8 Å². The highest BCUT2D eigenvalue weighted by atomic mass is 16.5. The number of methoxy groups -OCH3 is 1. The zero-order chi connectivity index (χ0) is 13.8. The molecule has 1 N–H and O–H groups in total. The number of aromatic nitrogens is 3. The Balaban J connectivity index is 2.12. The highest BCUT2D eigenvalue weighted by molar-refractivity contribution is 5.86. The molecule has 1 aliphatic heterocycles. The van der Waals surface area contributed by atoms with Gasteiger partial charge in [-0.25, -0.2) is 9.48 Å². The van der Waals surface area contributed by atoms with E-state index in [1.165, 1.54) is 0 Å². The molecule has 7 nitrogen and oxygen atoms in total. The third-order valence-electron chi connectivity index (χ3n) is 3.28. The molecular weight excluding hydrogens is 250 g/mol. The number of nitrogens with zero attached hydrogens (tertiary/aromatic N) is 3. The third kappa shape index (κ3) is 3.30. The maximum Gasteiger partial charge on any atom is 0.358 e. The Kier molecular flexibility index (Phi) is 4.49. The molecule has 1 aromatic rings. The minimum Gasteiger partial charge on any atom is -0.476 e. The highest BCUT2D eigenvalue weighted by Crippen LogP contribution is 2.21. The normalized spacial score (nSPS) is 22.8. The van der Waals surface area contributed by atoms with Crippen molar-refractivity contribution in [3.63, 3.8) is 0 Å². The second-order valence-electron chi connectivity index (χ2n) is 4.76. The molecule has 1 saturated heterocycles. The number of hydrogen-bond donors (Lipinski definition) is 1. The fourth-order valence-electron chi connectivity index (χ4n) is 2.30. The molecule has 106 valence electrons. The SMILES string of the molecule is COCCc1c(C(=O)O)nnn1CC1CCC(C)O1. The average molecular weight is 269 g/mol. The first-order valence-electron chi connectivity index (χ1n) is 6.42. The Bertz CT molecular complexity index is 446. The van der Waals surface area contributed by atoms with Crippen molar-refractivity contribution >= 4 is 5.97 Å². The predicted molar refractivity (Wildman–Crippen MR) is 66.1 cm³/mol. The number of ether oxygens (including phenoxy) is 2. The van der Waals surface area contributed by atoms with Gasteiger partial charge in [0.25, 0.3) is 0 Å². The molecule has 2 rings (SSSR count). The van der Waals surface area contributed by atoms with Crippen molar-refractivity contribution in [2.75, 3.05) is 13.7 Å². The van der Waals surface area contributed by atoms with Crippen molar-refractivity contribution in [2.24, 2.45) is 0 Å². The summed E-state index contributed by atoms with van der Waals surface area (Å²) in [6, 6.07) is 0. The predicted octanol–water partition coefficient (Wildman–Crippen LogP) is 0.733. The van der Waals surface area contributed by atoms with Gasteiger partial charge in [0.05, 0.1) is 31.1 Å². The molecular formula is C12H19N3O4. The number of rotatable bonds is 6. The lowest BCUT2D eigenvalue weighted by Crippen LogP contribution is -2.20. The fraction of sp³-hybridized carbons (Fsp3) is 0.750. The first-order chi connectivity index (χ1) is 9.11. The summed E-state index contributed by atoms with van der Waals surface area (Å²) in [7, 11) is 1.58. The van der Waals surface area contributed by atoms with Gasteiger partial charge in [-0.05, 0) is 19.8 Å². The average Bonchev–Trinajstić information content (AvgIpc) is 2.94. The van der Waals surface area contributed by atoms with E-state index in [1.807, 2.05) is 6.92 Å². The van der Waals surface area contributed by atoms with Crippen LogP contribution < -0.4 is 0 Å². The van der Waals surface area contributed by atoms with Crippen molar-refractivity contribution < 1.29 is 19.4 Å². The summed E-state index contributed by atoms with van der Waals surface area (Å²) in [6.45, 7) is 3.02. The van der Waals surface area contributed by atoms with Crippen LogP contribution in [0.4, 0.5) is 0 Å². The molecule has 0 aromatic carbocycles. The van der Waals surface area contributed by atoms with E-state index < -0.39 is 5.97 Å². The van der Waals surface area contributed by atoms with Gasteiger partial charge in [-0.2, -0.15) is 0 Å². The zero-order valence-electron chi connectivity index (χ0n) is 11.2. The smallest absolute Gasteiger partial charge is 0.358 e. The molecule has 0 aliphatic carbocycles.